The second kappa shape index (κ2) is 6.91. The van der Waals surface area contributed by atoms with Crippen molar-refractivity contribution in [3.63, 3.8) is 0 Å². The third-order valence-electron chi connectivity index (χ3n) is 2.57. The Hall–Kier alpha value is -2.07. The van der Waals surface area contributed by atoms with Gasteiger partial charge >= 0.3 is 12.0 Å². The van der Waals surface area contributed by atoms with Crippen molar-refractivity contribution < 1.29 is 14.7 Å². The van der Waals surface area contributed by atoms with Crippen molar-refractivity contribution in [3.05, 3.63) is 15.6 Å². The summed E-state index contributed by atoms with van der Waals surface area (Å²) in [5.41, 5.74) is 0.863. The van der Waals surface area contributed by atoms with Gasteiger partial charge in [0.1, 0.15) is 6.54 Å². The van der Waals surface area contributed by atoms with E-state index in [0.717, 1.165) is 20.5 Å². The second-order valence-corrected chi connectivity index (χ2v) is 5.54. The molecule has 1 aromatic rings. The smallest absolute Gasteiger partial charge is 0.323 e. The Morgan fingerprint density at radius 1 is 1.55 bits per heavy atom. The van der Waals surface area contributed by atoms with Crippen LogP contribution >= 0.6 is 11.3 Å². The fraction of sp³-hybridized carbons (Fsp3) is 0.462. The van der Waals surface area contributed by atoms with E-state index in [9.17, 15) is 9.59 Å². The van der Waals surface area contributed by atoms with Gasteiger partial charge in [-0.05, 0) is 20.8 Å². The van der Waals surface area contributed by atoms with Crippen LogP contribution in [0, 0.1) is 26.2 Å². The third-order valence-corrected chi connectivity index (χ3v) is 3.82. The Labute approximate surface area is 121 Å². The van der Waals surface area contributed by atoms with Crippen LogP contribution in [0.4, 0.5) is 4.79 Å². The van der Waals surface area contributed by atoms with Gasteiger partial charge in [0.2, 0.25) is 0 Å². The van der Waals surface area contributed by atoms with E-state index in [1.165, 1.54) is 11.3 Å². The lowest BCUT2D eigenvalue weighted by Crippen LogP contribution is -2.43. The molecule has 2 N–H and O–H groups in total. The molecular weight excluding hydrogens is 278 g/mol. The van der Waals surface area contributed by atoms with Gasteiger partial charge in [-0.2, -0.15) is 0 Å². The summed E-state index contributed by atoms with van der Waals surface area (Å²) in [6.07, 6.45) is 5.14. The normalized spacial score (nSPS) is 11.5. The summed E-state index contributed by atoms with van der Waals surface area (Å²) in [6.45, 7) is 5.12. The van der Waals surface area contributed by atoms with Crippen LogP contribution in [0.2, 0.25) is 0 Å². The maximum absolute atomic E-state index is 12.0. The summed E-state index contributed by atoms with van der Waals surface area (Å²) in [6, 6.07) is -0.744. The molecule has 0 aromatic carbocycles. The average Bonchev–Trinajstić information content (AvgIpc) is 2.67. The number of aromatic nitrogens is 1. The Balaban J connectivity index is 2.75. The van der Waals surface area contributed by atoms with Crippen LogP contribution in [-0.2, 0) is 4.79 Å². The maximum atomic E-state index is 12.0. The van der Waals surface area contributed by atoms with Crippen LogP contribution in [0.5, 0.6) is 0 Å². The largest absolute Gasteiger partial charge is 0.480 e. The Bertz CT molecular complexity index is 548. The van der Waals surface area contributed by atoms with Gasteiger partial charge in [0.25, 0.3) is 0 Å². The first-order chi connectivity index (χ1) is 9.35. The number of carbonyl (C=O) groups excluding carboxylic acids is 1. The number of carboxylic acid groups (broad SMARTS) is 1. The first-order valence-electron chi connectivity index (χ1n) is 5.99. The summed E-state index contributed by atoms with van der Waals surface area (Å²) in [5, 5.41) is 12.4. The lowest BCUT2D eigenvalue weighted by atomic mass is 10.2. The number of aliphatic carboxylic acids is 1. The number of urea groups is 1. The summed E-state index contributed by atoms with van der Waals surface area (Å²) in [5.74, 6) is 1.17. The number of amides is 2. The molecule has 2 amide bonds. The van der Waals surface area contributed by atoms with E-state index in [4.69, 9.17) is 11.5 Å². The fourth-order valence-electron chi connectivity index (χ4n) is 1.76. The molecule has 0 radical (unpaired) electrons. The van der Waals surface area contributed by atoms with Gasteiger partial charge < -0.3 is 15.3 Å². The molecule has 0 saturated carbocycles. The average molecular weight is 295 g/mol. The van der Waals surface area contributed by atoms with Crippen molar-refractivity contribution in [2.24, 2.45) is 0 Å². The molecule has 1 heterocycles. The topological polar surface area (TPSA) is 82.5 Å². The summed E-state index contributed by atoms with van der Waals surface area (Å²) in [4.78, 5) is 29.0. The lowest BCUT2D eigenvalue weighted by molar-refractivity contribution is -0.137. The Kier molecular flexibility index (Phi) is 5.53. The van der Waals surface area contributed by atoms with E-state index in [2.05, 4.69) is 16.2 Å². The van der Waals surface area contributed by atoms with Crippen LogP contribution in [-0.4, -0.2) is 40.1 Å². The number of carboxylic acids is 1. The molecule has 108 valence electrons. The van der Waals surface area contributed by atoms with Gasteiger partial charge in [-0.1, -0.05) is 5.92 Å². The molecule has 7 heteroatoms. The molecule has 0 aliphatic heterocycles. The highest BCUT2D eigenvalue weighted by Crippen LogP contribution is 2.24. The molecule has 0 aliphatic rings. The van der Waals surface area contributed by atoms with Crippen LogP contribution in [0.25, 0.3) is 0 Å². The zero-order valence-electron chi connectivity index (χ0n) is 11.6. The van der Waals surface area contributed by atoms with E-state index >= 15 is 0 Å². The minimum Gasteiger partial charge on any atom is -0.480 e. The van der Waals surface area contributed by atoms with E-state index in [0.29, 0.717) is 0 Å². The molecular formula is C13H17N3O3S. The van der Waals surface area contributed by atoms with E-state index in [-0.39, 0.29) is 12.6 Å². The first kappa shape index (κ1) is 16.0. The Morgan fingerprint density at radius 2 is 2.20 bits per heavy atom. The van der Waals surface area contributed by atoms with Gasteiger partial charge in [0.15, 0.2) is 0 Å². The number of terminal acetylenes is 1. The van der Waals surface area contributed by atoms with Gasteiger partial charge in [-0.3, -0.25) is 4.79 Å². The van der Waals surface area contributed by atoms with Crippen molar-refractivity contribution >= 4 is 23.3 Å². The molecule has 0 aliphatic carbocycles. The zero-order valence-corrected chi connectivity index (χ0v) is 12.5. The molecule has 6 nitrogen and oxygen atoms in total. The van der Waals surface area contributed by atoms with Crippen molar-refractivity contribution in [3.8, 4) is 12.3 Å². The number of nitrogens with zero attached hydrogens (tertiary/aromatic N) is 2. The number of nitrogens with one attached hydrogen (secondary N) is 1. The highest BCUT2D eigenvalue weighted by molar-refractivity contribution is 7.11. The molecule has 0 spiro atoms. The van der Waals surface area contributed by atoms with Crippen molar-refractivity contribution in [2.75, 3.05) is 13.1 Å². The second-order valence-electron chi connectivity index (χ2n) is 4.31. The zero-order chi connectivity index (χ0) is 15.3. The van der Waals surface area contributed by atoms with Gasteiger partial charge in [0, 0.05) is 4.88 Å². The monoisotopic (exact) mass is 295 g/mol. The molecule has 1 atom stereocenters. The van der Waals surface area contributed by atoms with Crippen LogP contribution < -0.4 is 5.32 Å². The van der Waals surface area contributed by atoms with Gasteiger partial charge in [0.05, 0.1) is 23.3 Å². The van der Waals surface area contributed by atoms with E-state index < -0.39 is 18.5 Å². The predicted molar refractivity (Wildman–Crippen MR) is 76.6 cm³/mol. The number of hydrogen-bond acceptors (Lipinski definition) is 4. The van der Waals surface area contributed by atoms with Gasteiger partial charge in [-0.15, -0.1) is 17.8 Å². The van der Waals surface area contributed by atoms with Crippen LogP contribution in [0.3, 0.4) is 0 Å². The molecule has 0 bridgehead atoms. The predicted octanol–water partition coefficient (Wildman–Crippen LogP) is 1.55. The van der Waals surface area contributed by atoms with Crippen LogP contribution in [0.15, 0.2) is 0 Å². The van der Waals surface area contributed by atoms with Gasteiger partial charge in [-0.25, -0.2) is 9.78 Å². The minimum absolute atomic E-state index is 0.0500. The van der Waals surface area contributed by atoms with Crippen molar-refractivity contribution in [1.29, 1.82) is 0 Å². The SMILES string of the molecule is C#CCN(CC(=O)O)C(=O)NC(C)c1sc(C)nc1C. The number of rotatable bonds is 5. The fourth-order valence-corrected chi connectivity index (χ4v) is 2.69. The number of aryl methyl sites for hydroxylation is 2. The summed E-state index contributed by atoms with van der Waals surface area (Å²) < 4.78 is 0. The first-order valence-corrected chi connectivity index (χ1v) is 6.81. The molecule has 0 fully saturated rings. The highest BCUT2D eigenvalue weighted by Gasteiger charge is 2.20. The molecule has 1 rings (SSSR count). The third kappa shape index (κ3) is 4.24. The molecule has 1 aromatic heterocycles. The highest BCUT2D eigenvalue weighted by atomic mass is 32.1. The quantitative estimate of drug-likeness (QED) is 0.807. The van der Waals surface area contributed by atoms with E-state index in [1.807, 2.05) is 20.8 Å². The summed E-state index contributed by atoms with van der Waals surface area (Å²) >= 11 is 1.50. The summed E-state index contributed by atoms with van der Waals surface area (Å²) in [7, 11) is 0. The molecule has 20 heavy (non-hydrogen) atoms. The minimum atomic E-state index is -1.10. The van der Waals surface area contributed by atoms with E-state index in [1.54, 1.807) is 0 Å². The number of carbonyl (C=O) groups is 2. The number of hydrogen-bond donors (Lipinski definition) is 2. The van der Waals surface area contributed by atoms with Crippen molar-refractivity contribution in [1.82, 2.24) is 15.2 Å². The van der Waals surface area contributed by atoms with Crippen molar-refractivity contribution in [2.45, 2.75) is 26.8 Å². The maximum Gasteiger partial charge on any atom is 0.323 e. The lowest BCUT2D eigenvalue weighted by Gasteiger charge is -2.21. The standard InChI is InChI=1S/C13H17N3O3S/c1-5-6-16(7-11(17)18)13(19)15-9(3)12-8(2)14-10(4)20-12/h1,9H,6-7H2,2-4H3,(H,15,19)(H,17,18). The van der Waals surface area contributed by atoms with Crippen LogP contribution in [0.1, 0.15) is 28.5 Å². The molecule has 1 unspecified atom stereocenters. The number of thiazole rings is 1. The Morgan fingerprint density at radius 3 is 2.65 bits per heavy atom. The molecule has 0 saturated heterocycles.